The summed E-state index contributed by atoms with van der Waals surface area (Å²) in [5.74, 6) is 0. The van der Waals surface area contributed by atoms with E-state index in [0.29, 0.717) is 0 Å². The molecule has 4 fully saturated rings. The lowest BCUT2D eigenvalue weighted by Crippen LogP contribution is -1.68. The van der Waals surface area contributed by atoms with Crippen LogP contribution in [0.3, 0.4) is 0 Å². The second-order valence-electron chi connectivity index (χ2n) is 2.63. The van der Waals surface area contributed by atoms with Gasteiger partial charge in [-0.3, -0.25) is 0 Å². The van der Waals surface area contributed by atoms with Crippen molar-refractivity contribution in [2.45, 2.75) is 22.7 Å². The summed E-state index contributed by atoms with van der Waals surface area (Å²) >= 11 is 0. The molecule has 8 heavy (non-hydrogen) atoms. The maximum atomic E-state index is 11.9. The Morgan fingerprint density at radius 2 is 0.625 bits per heavy atom. The van der Waals surface area contributed by atoms with Gasteiger partial charge in [-0.15, -0.1) is 0 Å². The van der Waals surface area contributed by atoms with Crippen LogP contribution in [-0.4, -0.2) is 22.7 Å². The third-order valence-electron chi connectivity index (χ3n) is 2.60. The molecule has 0 nitrogen and oxygen atoms in total. The molecule has 4 saturated carbocycles. The predicted molar refractivity (Wildman–Crippen MR) is 15.4 cm³/mol. The summed E-state index contributed by atoms with van der Waals surface area (Å²) in [6, 6.07) is 0. The fourth-order valence-corrected chi connectivity index (χ4v) is 1.63. The third kappa shape index (κ3) is 0.0610. The Labute approximate surface area is 41.5 Å². The normalized spacial score (nSPS) is 97.5. The molecule has 0 saturated heterocycles. The highest BCUT2D eigenvalue weighted by Crippen LogP contribution is 3.16. The second-order valence-corrected chi connectivity index (χ2v) is 2.63. The van der Waals surface area contributed by atoms with Crippen molar-refractivity contribution in [2.75, 3.05) is 0 Å². The molecular weight excluding hydrogens is 124 g/mol. The van der Waals surface area contributed by atoms with E-state index in [1.807, 2.05) is 0 Å². The number of alkyl halides is 4. The van der Waals surface area contributed by atoms with E-state index in [1.54, 1.807) is 0 Å². The van der Waals surface area contributed by atoms with Crippen LogP contribution in [0, 0.1) is 0 Å². The van der Waals surface area contributed by atoms with Gasteiger partial charge in [0.1, 0.15) is 0 Å². The first-order valence-electron chi connectivity index (χ1n) is 2.26. The van der Waals surface area contributed by atoms with Crippen molar-refractivity contribution >= 4 is 0 Å². The quantitative estimate of drug-likeness (QED) is 0.420. The Bertz CT molecular complexity index is 142. The highest BCUT2D eigenvalue weighted by molar-refractivity contribution is 5.94. The number of hydrogen-bond acceptors (Lipinski definition) is 0. The molecule has 4 aliphatic rings. The third-order valence-corrected chi connectivity index (χ3v) is 2.60. The average molecular weight is 124 g/mol. The molecule has 44 valence electrons. The van der Waals surface area contributed by atoms with Gasteiger partial charge in [0.25, 0.3) is 0 Å². The summed E-state index contributed by atoms with van der Waals surface area (Å²) in [6.07, 6.45) is 0. The molecule has 0 atom stereocenters. The van der Waals surface area contributed by atoms with Crippen molar-refractivity contribution in [2.24, 2.45) is 0 Å². The van der Waals surface area contributed by atoms with E-state index < -0.39 is 22.7 Å². The molecule has 4 aliphatic carbocycles. The van der Waals surface area contributed by atoms with E-state index in [1.165, 1.54) is 0 Å². The molecule has 0 aromatic rings. The van der Waals surface area contributed by atoms with Gasteiger partial charge in [-0.25, -0.2) is 17.6 Å². The zero-order valence-corrected chi connectivity index (χ0v) is 3.51. The maximum Gasteiger partial charge on any atom is 0.232 e. The Morgan fingerprint density at radius 1 is 0.500 bits per heavy atom. The van der Waals surface area contributed by atoms with E-state index >= 15 is 0 Å². The Hall–Kier alpha value is -0.280. The molecule has 4 rings (SSSR count). The monoisotopic (exact) mass is 124 g/mol. The van der Waals surface area contributed by atoms with Gasteiger partial charge in [0.05, 0.1) is 0 Å². The van der Waals surface area contributed by atoms with Crippen LogP contribution in [0.25, 0.3) is 0 Å². The van der Waals surface area contributed by atoms with Crippen LogP contribution in [0.15, 0.2) is 0 Å². The maximum absolute atomic E-state index is 11.9. The zero-order chi connectivity index (χ0) is 6.00. The lowest BCUT2D eigenvalue weighted by molar-refractivity contribution is 0.372. The van der Waals surface area contributed by atoms with E-state index in [0.717, 1.165) is 0 Å². The van der Waals surface area contributed by atoms with Crippen molar-refractivity contribution in [1.29, 1.82) is 0 Å². The summed E-state index contributed by atoms with van der Waals surface area (Å²) in [5.41, 5.74) is -10.8. The van der Waals surface area contributed by atoms with Crippen LogP contribution < -0.4 is 0 Å². The fourth-order valence-electron chi connectivity index (χ4n) is 1.63. The summed E-state index contributed by atoms with van der Waals surface area (Å²) in [6.45, 7) is 0. The lowest BCUT2D eigenvalue weighted by Gasteiger charge is -1.53. The molecule has 0 spiro atoms. The molecular formula is C4F4. The largest absolute Gasteiger partial charge is 0.232 e. The molecule has 0 radical (unpaired) electrons. The second kappa shape index (κ2) is 0.391. The molecule has 0 aromatic heterocycles. The van der Waals surface area contributed by atoms with Crippen molar-refractivity contribution in [3.63, 3.8) is 0 Å². The van der Waals surface area contributed by atoms with Crippen LogP contribution >= 0.6 is 0 Å². The molecule has 0 aliphatic heterocycles. The Balaban J connectivity index is 2.29. The van der Waals surface area contributed by atoms with Crippen LogP contribution in [0.4, 0.5) is 17.6 Å². The fraction of sp³-hybridized carbons (Fsp3) is 1.00. The molecule has 0 unspecified atom stereocenters. The van der Waals surface area contributed by atoms with Crippen molar-refractivity contribution in [1.82, 2.24) is 0 Å². The molecule has 0 aromatic carbocycles. The summed E-state index contributed by atoms with van der Waals surface area (Å²) in [7, 11) is 0. The standard InChI is InChI=1S/C4F4/c5-1-2(6)3(1,7)4(1,2)8. The number of hydrogen-bond donors (Lipinski definition) is 0. The summed E-state index contributed by atoms with van der Waals surface area (Å²) in [4.78, 5) is 0. The van der Waals surface area contributed by atoms with Gasteiger partial charge in [-0.2, -0.15) is 0 Å². The van der Waals surface area contributed by atoms with Gasteiger partial charge in [0.2, 0.25) is 22.7 Å². The number of halogens is 4. The van der Waals surface area contributed by atoms with Crippen LogP contribution in [0.5, 0.6) is 0 Å². The van der Waals surface area contributed by atoms with E-state index in [4.69, 9.17) is 0 Å². The molecule has 4 heteroatoms. The zero-order valence-electron chi connectivity index (χ0n) is 3.51. The van der Waals surface area contributed by atoms with Crippen LogP contribution in [0.2, 0.25) is 0 Å². The molecule has 0 bridgehead atoms. The van der Waals surface area contributed by atoms with Crippen LogP contribution in [0.1, 0.15) is 0 Å². The predicted octanol–water partition coefficient (Wildman–Crippen LogP) is 0.860. The average Bonchev–Trinajstić information content (AvgIpc) is 2.46. The van der Waals surface area contributed by atoms with Gasteiger partial charge in [0, 0.05) is 0 Å². The van der Waals surface area contributed by atoms with Gasteiger partial charge >= 0.3 is 0 Å². The van der Waals surface area contributed by atoms with Crippen molar-refractivity contribution in [3.05, 3.63) is 0 Å². The lowest BCUT2D eigenvalue weighted by atomic mass is 10.9. The molecule has 0 amide bonds. The minimum Gasteiger partial charge on any atom is -0.232 e. The number of rotatable bonds is 0. The van der Waals surface area contributed by atoms with Gasteiger partial charge < -0.3 is 0 Å². The minimum atomic E-state index is -2.69. The molecule has 0 N–H and O–H groups in total. The first-order valence-corrected chi connectivity index (χ1v) is 2.26. The van der Waals surface area contributed by atoms with Crippen molar-refractivity contribution in [3.8, 4) is 0 Å². The van der Waals surface area contributed by atoms with Gasteiger partial charge in [0.15, 0.2) is 0 Å². The summed E-state index contributed by atoms with van der Waals surface area (Å²) < 4.78 is 47.8. The highest BCUT2D eigenvalue weighted by atomic mass is 19.2. The highest BCUT2D eigenvalue weighted by Gasteiger charge is 3.50. The molecule has 0 heterocycles. The first-order chi connectivity index (χ1) is 3.50. The van der Waals surface area contributed by atoms with E-state index in [9.17, 15) is 17.6 Å². The first kappa shape index (κ1) is 3.69. The Morgan fingerprint density at radius 3 is 0.625 bits per heavy atom. The Kier molecular flexibility index (Phi) is 0.180. The SMILES string of the molecule is FC12C3(F)C1(F)C23F. The van der Waals surface area contributed by atoms with E-state index in [-0.39, 0.29) is 0 Å². The van der Waals surface area contributed by atoms with Gasteiger partial charge in [-0.1, -0.05) is 0 Å². The van der Waals surface area contributed by atoms with Crippen LogP contribution in [-0.2, 0) is 0 Å². The summed E-state index contributed by atoms with van der Waals surface area (Å²) in [5, 5.41) is 0. The smallest absolute Gasteiger partial charge is 0.232 e. The van der Waals surface area contributed by atoms with Crippen molar-refractivity contribution < 1.29 is 17.6 Å². The van der Waals surface area contributed by atoms with Gasteiger partial charge in [-0.05, 0) is 0 Å². The van der Waals surface area contributed by atoms with E-state index in [2.05, 4.69) is 0 Å². The topological polar surface area (TPSA) is 0 Å². The minimum absolute atomic E-state index is 2.69.